The molecule has 0 bridgehead atoms. The van der Waals surface area contributed by atoms with Gasteiger partial charge in [0.15, 0.2) is 5.69 Å². The molecule has 0 radical (unpaired) electrons. The van der Waals surface area contributed by atoms with Crippen molar-refractivity contribution in [3.05, 3.63) is 11.4 Å². The molecule has 26 heavy (non-hydrogen) atoms. The van der Waals surface area contributed by atoms with Crippen LogP contribution in [0.3, 0.4) is 0 Å². The zero-order valence-electron chi connectivity index (χ0n) is 15.7. The van der Waals surface area contributed by atoms with Gasteiger partial charge in [-0.2, -0.15) is 0 Å². The topological polar surface area (TPSA) is 75.1 Å². The Morgan fingerprint density at radius 2 is 1.88 bits per heavy atom. The third-order valence-electron chi connectivity index (χ3n) is 5.50. The lowest BCUT2D eigenvalue weighted by Crippen LogP contribution is -2.37. The summed E-state index contributed by atoms with van der Waals surface area (Å²) >= 11 is 0. The van der Waals surface area contributed by atoms with E-state index in [1.165, 1.54) is 25.7 Å². The van der Waals surface area contributed by atoms with Gasteiger partial charge in [-0.25, -0.2) is 4.68 Å². The van der Waals surface area contributed by atoms with Crippen LogP contribution in [0.4, 0.5) is 0 Å². The van der Waals surface area contributed by atoms with Crippen LogP contribution >= 0.6 is 24.8 Å². The average molecular weight is 407 g/mol. The first-order chi connectivity index (χ1) is 11.7. The van der Waals surface area contributed by atoms with Crippen molar-refractivity contribution in [3.8, 4) is 0 Å². The van der Waals surface area contributed by atoms with Crippen LogP contribution in [0.25, 0.3) is 0 Å². The molecule has 2 fully saturated rings. The van der Waals surface area contributed by atoms with Crippen molar-refractivity contribution in [2.24, 2.45) is 0 Å². The molecule has 0 aromatic carbocycles. The van der Waals surface area contributed by atoms with Gasteiger partial charge in [0.2, 0.25) is 0 Å². The highest BCUT2D eigenvalue weighted by Gasteiger charge is 2.23. The van der Waals surface area contributed by atoms with Crippen molar-refractivity contribution in [3.63, 3.8) is 0 Å². The van der Waals surface area contributed by atoms with Gasteiger partial charge in [-0.3, -0.25) is 4.79 Å². The number of aromatic nitrogens is 3. The number of likely N-dealkylation sites (N-methyl/N-ethyl adjacent to an activating group) is 1. The predicted octanol–water partition coefficient (Wildman–Crippen LogP) is 1.96. The standard InChI is InChI=1S/C17H30N6O.2ClH/c1-13-16(20-21-23(13)15-7-9-18-10-8-15)17(24)19-11-12-22(2)14-5-3-4-6-14;;/h14-15,18H,3-12H2,1-2H3,(H,19,24);2*1H. The first kappa shape index (κ1) is 23.1. The lowest BCUT2D eigenvalue weighted by molar-refractivity contribution is 0.0941. The second-order valence-corrected chi connectivity index (χ2v) is 7.12. The second kappa shape index (κ2) is 11.1. The lowest BCUT2D eigenvalue weighted by Gasteiger charge is -2.24. The predicted molar refractivity (Wildman–Crippen MR) is 108 cm³/mol. The highest BCUT2D eigenvalue weighted by molar-refractivity contribution is 5.93. The molecule has 7 nitrogen and oxygen atoms in total. The quantitative estimate of drug-likeness (QED) is 0.754. The van der Waals surface area contributed by atoms with E-state index in [9.17, 15) is 4.79 Å². The van der Waals surface area contributed by atoms with E-state index in [2.05, 4.69) is 32.9 Å². The normalized spacial score (nSPS) is 18.4. The maximum absolute atomic E-state index is 12.4. The molecule has 0 unspecified atom stereocenters. The first-order valence-corrected chi connectivity index (χ1v) is 9.27. The van der Waals surface area contributed by atoms with E-state index in [4.69, 9.17) is 0 Å². The molecule has 0 atom stereocenters. The summed E-state index contributed by atoms with van der Waals surface area (Å²) in [6.07, 6.45) is 7.32. The Kier molecular flexibility index (Phi) is 9.85. The molecule has 1 amide bonds. The molecule has 2 heterocycles. The highest BCUT2D eigenvalue weighted by Crippen LogP contribution is 2.22. The van der Waals surface area contributed by atoms with E-state index in [1.807, 2.05) is 11.6 Å². The SMILES string of the molecule is Cc1c(C(=O)NCCN(C)C2CCCC2)nnn1C1CCNCC1.Cl.Cl. The smallest absolute Gasteiger partial charge is 0.273 e. The van der Waals surface area contributed by atoms with Crippen molar-refractivity contribution in [1.29, 1.82) is 0 Å². The minimum atomic E-state index is -0.104. The van der Waals surface area contributed by atoms with Gasteiger partial charge in [-0.15, -0.1) is 29.9 Å². The molecular formula is C17H32Cl2N6O. The van der Waals surface area contributed by atoms with Crippen LogP contribution in [0.15, 0.2) is 0 Å². The largest absolute Gasteiger partial charge is 0.349 e. The first-order valence-electron chi connectivity index (χ1n) is 9.27. The molecule has 1 aliphatic heterocycles. The van der Waals surface area contributed by atoms with E-state index < -0.39 is 0 Å². The van der Waals surface area contributed by atoms with Crippen LogP contribution in [0.2, 0.25) is 0 Å². The number of nitrogens with zero attached hydrogens (tertiary/aromatic N) is 4. The van der Waals surface area contributed by atoms with E-state index in [1.54, 1.807) is 0 Å². The number of hydrogen-bond donors (Lipinski definition) is 2. The fourth-order valence-corrected chi connectivity index (χ4v) is 3.91. The minimum Gasteiger partial charge on any atom is -0.349 e. The Balaban J connectivity index is 0.00000169. The summed E-state index contributed by atoms with van der Waals surface area (Å²) in [6, 6.07) is 1.04. The Morgan fingerprint density at radius 3 is 2.54 bits per heavy atom. The van der Waals surface area contributed by atoms with Gasteiger partial charge in [-0.1, -0.05) is 18.1 Å². The number of amides is 1. The van der Waals surface area contributed by atoms with Crippen LogP contribution < -0.4 is 10.6 Å². The van der Waals surface area contributed by atoms with Crippen LogP contribution in [-0.4, -0.2) is 65.1 Å². The number of piperidine rings is 1. The summed E-state index contributed by atoms with van der Waals surface area (Å²) in [6.45, 7) is 5.49. The zero-order valence-corrected chi connectivity index (χ0v) is 17.4. The molecule has 1 aromatic rings. The number of hydrogen-bond acceptors (Lipinski definition) is 5. The van der Waals surface area contributed by atoms with Crippen molar-refractivity contribution in [1.82, 2.24) is 30.5 Å². The van der Waals surface area contributed by atoms with Crippen molar-refractivity contribution in [2.45, 2.75) is 57.5 Å². The average Bonchev–Trinajstić information content (AvgIpc) is 3.25. The Hall–Kier alpha value is -0.890. The van der Waals surface area contributed by atoms with Gasteiger partial charge in [0.25, 0.3) is 5.91 Å². The maximum atomic E-state index is 12.4. The fraction of sp³-hybridized carbons (Fsp3) is 0.824. The number of halogens is 2. The number of carbonyl (C=O) groups is 1. The number of carbonyl (C=O) groups excluding carboxylic acids is 1. The Bertz CT molecular complexity index is 555. The van der Waals surface area contributed by atoms with Crippen molar-refractivity contribution in [2.75, 3.05) is 33.2 Å². The molecule has 3 rings (SSSR count). The van der Waals surface area contributed by atoms with Crippen LogP contribution in [0.5, 0.6) is 0 Å². The third kappa shape index (κ3) is 5.55. The summed E-state index contributed by atoms with van der Waals surface area (Å²) in [5.74, 6) is -0.104. The molecular weight excluding hydrogens is 375 g/mol. The maximum Gasteiger partial charge on any atom is 0.273 e. The lowest BCUT2D eigenvalue weighted by atomic mass is 10.1. The van der Waals surface area contributed by atoms with Gasteiger partial charge in [0.1, 0.15) is 0 Å². The summed E-state index contributed by atoms with van der Waals surface area (Å²) in [5.41, 5.74) is 1.35. The van der Waals surface area contributed by atoms with Crippen LogP contribution in [0, 0.1) is 6.92 Å². The number of rotatable bonds is 6. The monoisotopic (exact) mass is 406 g/mol. The van der Waals surface area contributed by atoms with Gasteiger partial charge in [0.05, 0.1) is 11.7 Å². The summed E-state index contributed by atoms with van der Waals surface area (Å²) < 4.78 is 1.93. The van der Waals surface area contributed by atoms with Crippen molar-refractivity contribution >= 4 is 30.7 Å². The summed E-state index contributed by atoms with van der Waals surface area (Å²) in [5, 5.41) is 14.7. The van der Waals surface area contributed by atoms with Gasteiger partial charge in [-0.05, 0) is 52.7 Å². The van der Waals surface area contributed by atoms with E-state index in [-0.39, 0.29) is 30.7 Å². The van der Waals surface area contributed by atoms with Crippen molar-refractivity contribution < 1.29 is 4.79 Å². The summed E-state index contributed by atoms with van der Waals surface area (Å²) in [7, 11) is 2.15. The Labute approximate surface area is 168 Å². The molecule has 9 heteroatoms. The van der Waals surface area contributed by atoms with E-state index in [0.717, 1.165) is 38.2 Å². The zero-order chi connectivity index (χ0) is 16.9. The molecule has 0 spiro atoms. The highest BCUT2D eigenvalue weighted by atomic mass is 35.5. The fourth-order valence-electron chi connectivity index (χ4n) is 3.91. The van der Waals surface area contributed by atoms with Crippen LogP contribution in [-0.2, 0) is 0 Å². The third-order valence-corrected chi connectivity index (χ3v) is 5.50. The molecule has 1 saturated carbocycles. The second-order valence-electron chi connectivity index (χ2n) is 7.12. The molecule has 150 valence electrons. The summed E-state index contributed by atoms with van der Waals surface area (Å²) in [4.78, 5) is 14.8. The number of nitrogens with one attached hydrogen (secondary N) is 2. The minimum absolute atomic E-state index is 0. The van der Waals surface area contributed by atoms with Gasteiger partial charge < -0.3 is 15.5 Å². The van der Waals surface area contributed by atoms with Crippen LogP contribution in [0.1, 0.15) is 60.7 Å². The molecule has 1 aromatic heterocycles. The van der Waals surface area contributed by atoms with E-state index >= 15 is 0 Å². The van der Waals surface area contributed by atoms with Gasteiger partial charge >= 0.3 is 0 Å². The molecule has 2 aliphatic rings. The molecule has 2 N–H and O–H groups in total. The van der Waals surface area contributed by atoms with E-state index in [0.29, 0.717) is 24.3 Å². The Morgan fingerprint density at radius 1 is 1.23 bits per heavy atom. The van der Waals surface area contributed by atoms with Gasteiger partial charge in [0, 0.05) is 19.1 Å². The molecule has 1 aliphatic carbocycles. The molecule has 1 saturated heterocycles.